The van der Waals surface area contributed by atoms with Gasteiger partial charge in [0, 0.05) is 12.7 Å². The van der Waals surface area contributed by atoms with Gasteiger partial charge in [-0.2, -0.15) is 0 Å². The predicted octanol–water partition coefficient (Wildman–Crippen LogP) is 2.25. The highest BCUT2D eigenvalue weighted by atomic mass is 16.4. The lowest BCUT2D eigenvalue weighted by molar-refractivity contribution is -0.152. The molecule has 0 unspecified atom stereocenters. The summed E-state index contributed by atoms with van der Waals surface area (Å²) in [5, 5.41) is 9.49. The Balaban J connectivity index is 1.95. The summed E-state index contributed by atoms with van der Waals surface area (Å²) in [6.07, 6.45) is 4.96. The Hall–Kier alpha value is -1.49. The molecule has 0 aliphatic carbocycles. The third-order valence-electron chi connectivity index (χ3n) is 4.21. The summed E-state index contributed by atoms with van der Waals surface area (Å²) in [5.41, 5.74) is 0.503. The van der Waals surface area contributed by atoms with Gasteiger partial charge in [0.25, 0.3) is 0 Å². The van der Waals surface area contributed by atoms with Crippen LogP contribution in [0.25, 0.3) is 0 Å². The van der Waals surface area contributed by atoms with Crippen molar-refractivity contribution in [3.05, 3.63) is 23.8 Å². The summed E-state index contributed by atoms with van der Waals surface area (Å²) in [6, 6.07) is 1.93. The van der Waals surface area contributed by atoms with E-state index < -0.39 is 11.4 Å². The standard InChI is InChI=1S/C15H23N3O2/c1-3-5-15(14(19)20)6-9-18(10-7-15)11-13-4-8-16-12(2)17-13/h4,8H,3,5-7,9-11H2,1-2H3,(H,19,20). The van der Waals surface area contributed by atoms with Crippen molar-refractivity contribution in [2.45, 2.75) is 46.1 Å². The summed E-state index contributed by atoms with van der Waals surface area (Å²) in [6.45, 7) is 6.38. The maximum atomic E-state index is 11.5. The molecule has 2 heterocycles. The van der Waals surface area contributed by atoms with Crippen molar-refractivity contribution in [3.63, 3.8) is 0 Å². The first-order valence-corrected chi connectivity index (χ1v) is 7.30. The molecule has 0 spiro atoms. The van der Waals surface area contributed by atoms with Gasteiger partial charge in [-0.15, -0.1) is 0 Å². The summed E-state index contributed by atoms with van der Waals surface area (Å²) in [7, 11) is 0. The van der Waals surface area contributed by atoms with E-state index in [9.17, 15) is 9.90 Å². The van der Waals surface area contributed by atoms with Gasteiger partial charge >= 0.3 is 5.97 Å². The Kier molecular flexibility index (Phi) is 4.70. The first-order valence-electron chi connectivity index (χ1n) is 7.30. The zero-order valence-corrected chi connectivity index (χ0v) is 12.3. The van der Waals surface area contributed by atoms with Crippen LogP contribution in [0.2, 0.25) is 0 Å². The summed E-state index contributed by atoms with van der Waals surface area (Å²) in [4.78, 5) is 22.3. The van der Waals surface area contributed by atoms with Gasteiger partial charge in [-0.1, -0.05) is 13.3 Å². The van der Waals surface area contributed by atoms with Gasteiger partial charge < -0.3 is 5.11 Å². The number of nitrogens with zero attached hydrogens (tertiary/aromatic N) is 3. The van der Waals surface area contributed by atoms with E-state index in [1.54, 1.807) is 6.20 Å². The number of hydrogen-bond acceptors (Lipinski definition) is 4. The van der Waals surface area contributed by atoms with Crippen LogP contribution < -0.4 is 0 Å². The van der Waals surface area contributed by atoms with Crippen LogP contribution in [0.5, 0.6) is 0 Å². The number of carbonyl (C=O) groups is 1. The van der Waals surface area contributed by atoms with Gasteiger partial charge in [-0.05, 0) is 45.3 Å². The number of aliphatic carboxylic acids is 1. The summed E-state index contributed by atoms with van der Waals surface area (Å²) in [5.74, 6) is 0.155. The molecule has 20 heavy (non-hydrogen) atoms. The molecule has 1 aliphatic rings. The van der Waals surface area contributed by atoms with Crippen molar-refractivity contribution in [1.82, 2.24) is 14.9 Å². The molecule has 1 saturated heterocycles. The second-order valence-corrected chi connectivity index (χ2v) is 5.71. The van der Waals surface area contributed by atoms with Crippen LogP contribution in [0.4, 0.5) is 0 Å². The molecule has 110 valence electrons. The van der Waals surface area contributed by atoms with E-state index in [1.807, 2.05) is 13.0 Å². The molecular weight excluding hydrogens is 254 g/mol. The van der Waals surface area contributed by atoms with Crippen molar-refractivity contribution >= 4 is 5.97 Å². The summed E-state index contributed by atoms with van der Waals surface area (Å²) < 4.78 is 0. The fourth-order valence-electron chi connectivity index (χ4n) is 3.01. The third kappa shape index (κ3) is 3.33. The zero-order valence-electron chi connectivity index (χ0n) is 12.3. The molecule has 1 N–H and O–H groups in total. The molecule has 0 radical (unpaired) electrons. The Morgan fingerprint density at radius 2 is 2.15 bits per heavy atom. The highest BCUT2D eigenvalue weighted by molar-refractivity contribution is 5.74. The van der Waals surface area contributed by atoms with E-state index >= 15 is 0 Å². The minimum absolute atomic E-state index is 0.507. The molecule has 1 aromatic heterocycles. The van der Waals surface area contributed by atoms with Gasteiger partial charge in [0.1, 0.15) is 5.82 Å². The number of likely N-dealkylation sites (tertiary alicyclic amines) is 1. The minimum atomic E-state index is -0.628. The average molecular weight is 277 g/mol. The Labute approximate surface area is 120 Å². The van der Waals surface area contributed by atoms with Crippen LogP contribution in [-0.4, -0.2) is 39.0 Å². The lowest BCUT2D eigenvalue weighted by Gasteiger charge is -2.38. The fraction of sp³-hybridized carbons (Fsp3) is 0.667. The maximum Gasteiger partial charge on any atom is 0.309 e. The van der Waals surface area contributed by atoms with Crippen molar-refractivity contribution in [2.24, 2.45) is 5.41 Å². The number of hydrogen-bond donors (Lipinski definition) is 1. The van der Waals surface area contributed by atoms with Crippen molar-refractivity contribution < 1.29 is 9.90 Å². The molecule has 1 fully saturated rings. The zero-order chi connectivity index (χ0) is 14.6. The Morgan fingerprint density at radius 3 is 2.70 bits per heavy atom. The number of rotatable bonds is 5. The number of carboxylic acid groups (broad SMARTS) is 1. The Morgan fingerprint density at radius 1 is 1.45 bits per heavy atom. The van der Waals surface area contributed by atoms with Crippen molar-refractivity contribution in [3.8, 4) is 0 Å². The maximum absolute atomic E-state index is 11.5. The molecule has 0 aromatic carbocycles. The van der Waals surface area contributed by atoms with Gasteiger partial charge in [-0.3, -0.25) is 9.69 Å². The van der Waals surface area contributed by atoms with Crippen molar-refractivity contribution in [1.29, 1.82) is 0 Å². The topological polar surface area (TPSA) is 66.3 Å². The van der Waals surface area contributed by atoms with Crippen LogP contribution in [0, 0.1) is 12.3 Å². The van der Waals surface area contributed by atoms with E-state index in [-0.39, 0.29) is 0 Å². The molecule has 0 amide bonds. The SMILES string of the molecule is CCCC1(C(=O)O)CCN(Cc2ccnc(C)n2)CC1. The number of carboxylic acids is 1. The third-order valence-corrected chi connectivity index (χ3v) is 4.21. The second-order valence-electron chi connectivity index (χ2n) is 5.71. The molecule has 0 saturated carbocycles. The van der Waals surface area contributed by atoms with Gasteiger partial charge in [0.2, 0.25) is 0 Å². The Bertz CT molecular complexity index is 468. The van der Waals surface area contributed by atoms with E-state index in [2.05, 4.69) is 21.8 Å². The molecule has 5 nitrogen and oxygen atoms in total. The van der Waals surface area contributed by atoms with Gasteiger partial charge in [0.05, 0.1) is 11.1 Å². The van der Waals surface area contributed by atoms with E-state index in [0.717, 1.165) is 56.8 Å². The molecule has 2 rings (SSSR count). The highest BCUT2D eigenvalue weighted by Gasteiger charge is 2.40. The molecule has 0 atom stereocenters. The quantitative estimate of drug-likeness (QED) is 0.894. The number of aryl methyl sites for hydroxylation is 1. The van der Waals surface area contributed by atoms with E-state index in [0.29, 0.717) is 0 Å². The van der Waals surface area contributed by atoms with Crippen molar-refractivity contribution in [2.75, 3.05) is 13.1 Å². The van der Waals surface area contributed by atoms with Crippen LogP contribution >= 0.6 is 0 Å². The normalized spacial score (nSPS) is 18.9. The van der Waals surface area contributed by atoms with Crippen LogP contribution in [0.1, 0.15) is 44.1 Å². The first-order chi connectivity index (χ1) is 9.55. The first kappa shape index (κ1) is 14.9. The van der Waals surface area contributed by atoms with Gasteiger partial charge in [-0.25, -0.2) is 9.97 Å². The second kappa shape index (κ2) is 6.31. The average Bonchev–Trinajstić information content (AvgIpc) is 2.41. The molecule has 1 aromatic rings. The number of piperidine rings is 1. The molecular formula is C15H23N3O2. The summed E-state index contributed by atoms with van der Waals surface area (Å²) >= 11 is 0. The van der Waals surface area contributed by atoms with Gasteiger partial charge in [0.15, 0.2) is 0 Å². The molecule has 0 bridgehead atoms. The van der Waals surface area contributed by atoms with E-state index in [4.69, 9.17) is 0 Å². The lowest BCUT2D eigenvalue weighted by atomic mass is 9.75. The van der Waals surface area contributed by atoms with E-state index in [1.165, 1.54) is 0 Å². The lowest BCUT2D eigenvalue weighted by Crippen LogP contribution is -2.44. The van der Waals surface area contributed by atoms with Crippen LogP contribution in [-0.2, 0) is 11.3 Å². The molecule has 5 heteroatoms. The minimum Gasteiger partial charge on any atom is -0.481 e. The monoisotopic (exact) mass is 277 g/mol. The molecule has 1 aliphatic heterocycles. The highest BCUT2D eigenvalue weighted by Crippen LogP contribution is 2.36. The van der Waals surface area contributed by atoms with Crippen LogP contribution in [0.3, 0.4) is 0 Å². The largest absolute Gasteiger partial charge is 0.481 e. The number of aromatic nitrogens is 2. The van der Waals surface area contributed by atoms with Crippen LogP contribution in [0.15, 0.2) is 12.3 Å². The predicted molar refractivity (Wildman–Crippen MR) is 76.3 cm³/mol. The fourth-order valence-corrected chi connectivity index (χ4v) is 3.01. The smallest absolute Gasteiger partial charge is 0.309 e.